The molecule has 32 heavy (non-hydrogen) atoms. The molecule has 0 aliphatic rings. The van der Waals surface area contributed by atoms with Crippen LogP contribution in [0.1, 0.15) is 16.7 Å². The quantitative estimate of drug-likeness (QED) is 0.387. The molecule has 1 aromatic heterocycles. The third-order valence-corrected chi connectivity index (χ3v) is 5.50. The van der Waals surface area contributed by atoms with E-state index in [2.05, 4.69) is 41.8 Å². The maximum atomic E-state index is 11.2. The van der Waals surface area contributed by atoms with Crippen LogP contribution in [0.3, 0.4) is 0 Å². The smallest absolute Gasteiger partial charge is 0.406 e. The van der Waals surface area contributed by atoms with E-state index in [1.54, 1.807) is 14.2 Å². The maximum Gasteiger partial charge on any atom is 0.406 e. The predicted octanol–water partition coefficient (Wildman–Crippen LogP) is 5.66. The molecule has 3 aromatic carbocycles. The lowest BCUT2D eigenvalue weighted by molar-refractivity contribution is 0.150. The summed E-state index contributed by atoms with van der Waals surface area (Å²) in [5, 5.41) is 8.18. The van der Waals surface area contributed by atoms with Gasteiger partial charge in [0.2, 0.25) is 0 Å². The molecule has 6 heteroatoms. The Morgan fingerprint density at radius 1 is 0.969 bits per heavy atom. The summed E-state index contributed by atoms with van der Waals surface area (Å²) in [6.45, 7) is 4.47. The molecule has 0 saturated carbocycles. The number of pyridine rings is 1. The highest BCUT2D eigenvalue weighted by molar-refractivity contribution is 6.09. The number of anilines is 2. The Labute approximate surface area is 187 Å². The molecular formula is C26H27N3O3. The van der Waals surface area contributed by atoms with Crippen LogP contribution in [-0.2, 0) is 11.2 Å². The SMILES string of the molecule is CNC(=O)OCCc1ccc(Nc2c3cc(C)ccc3nc3cc(OC)c(C)cc23)cc1. The Balaban J connectivity index is 1.70. The molecular weight excluding hydrogens is 402 g/mol. The van der Waals surface area contributed by atoms with E-state index in [-0.39, 0.29) is 0 Å². The first-order valence-electron chi connectivity index (χ1n) is 10.6. The van der Waals surface area contributed by atoms with Crippen molar-refractivity contribution in [2.24, 2.45) is 0 Å². The second-order valence-electron chi connectivity index (χ2n) is 7.80. The van der Waals surface area contributed by atoms with Crippen LogP contribution >= 0.6 is 0 Å². The minimum atomic E-state index is -0.415. The Hall–Kier alpha value is -3.80. The second kappa shape index (κ2) is 9.14. The monoisotopic (exact) mass is 429 g/mol. The van der Waals surface area contributed by atoms with Crippen LogP contribution in [0.4, 0.5) is 16.2 Å². The Morgan fingerprint density at radius 2 is 1.72 bits per heavy atom. The van der Waals surface area contributed by atoms with E-state index in [1.165, 1.54) is 5.56 Å². The number of alkyl carbamates (subject to hydrolysis) is 1. The summed E-state index contributed by atoms with van der Waals surface area (Å²) in [5.74, 6) is 0.825. The van der Waals surface area contributed by atoms with E-state index in [4.69, 9.17) is 14.5 Å². The Kier molecular flexibility index (Phi) is 6.12. The van der Waals surface area contributed by atoms with E-state index in [0.717, 1.165) is 50.1 Å². The third-order valence-electron chi connectivity index (χ3n) is 5.50. The van der Waals surface area contributed by atoms with Gasteiger partial charge in [0.1, 0.15) is 5.75 Å². The van der Waals surface area contributed by atoms with Crippen molar-refractivity contribution in [3.63, 3.8) is 0 Å². The minimum absolute atomic E-state index is 0.340. The van der Waals surface area contributed by atoms with Gasteiger partial charge in [-0.15, -0.1) is 0 Å². The summed E-state index contributed by atoms with van der Waals surface area (Å²) in [6.07, 6.45) is 0.245. The van der Waals surface area contributed by atoms with Gasteiger partial charge in [-0.3, -0.25) is 0 Å². The third kappa shape index (κ3) is 4.44. The van der Waals surface area contributed by atoms with Crippen molar-refractivity contribution >= 4 is 39.3 Å². The fourth-order valence-corrected chi connectivity index (χ4v) is 3.78. The largest absolute Gasteiger partial charge is 0.496 e. The molecule has 0 spiro atoms. The van der Waals surface area contributed by atoms with Crippen molar-refractivity contribution in [3.05, 3.63) is 71.3 Å². The standard InChI is InChI=1S/C26H27N3O3/c1-16-5-10-22-20(13-16)25(21-14-17(2)24(31-4)15-23(21)29-22)28-19-8-6-18(7-9-19)11-12-32-26(30)27-3/h5-10,13-15H,11-12H2,1-4H3,(H,27,30)(H,28,29). The van der Waals surface area contributed by atoms with Crippen LogP contribution in [0, 0.1) is 13.8 Å². The molecule has 0 aliphatic carbocycles. The van der Waals surface area contributed by atoms with E-state index in [9.17, 15) is 4.79 Å². The van der Waals surface area contributed by atoms with Gasteiger partial charge in [0.25, 0.3) is 0 Å². The lowest BCUT2D eigenvalue weighted by atomic mass is 10.0. The average Bonchev–Trinajstić information content (AvgIpc) is 2.80. The van der Waals surface area contributed by atoms with Crippen LogP contribution in [0.15, 0.2) is 54.6 Å². The van der Waals surface area contributed by atoms with Crippen molar-refractivity contribution in [1.29, 1.82) is 0 Å². The Morgan fingerprint density at radius 3 is 2.44 bits per heavy atom. The number of nitrogens with zero attached hydrogens (tertiary/aromatic N) is 1. The summed E-state index contributed by atoms with van der Waals surface area (Å²) < 4.78 is 10.6. The molecule has 0 aliphatic heterocycles. The maximum absolute atomic E-state index is 11.2. The number of aryl methyl sites for hydroxylation is 2. The predicted molar refractivity (Wildman–Crippen MR) is 129 cm³/mol. The van der Waals surface area contributed by atoms with E-state index >= 15 is 0 Å². The van der Waals surface area contributed by atoms with Crippen LogP contribution in [0.2, 0.25) is 0 Å². The number of amides is 1. The average molecular weight is 430 g/mol. The molecule has 0 saturated heterocycles. The van der Waals surface area contributed by atoms with Gasteiger partial charge in [-0.25, -0.2) is 9.78 Å². The molecule has 0 bridgehead atoms. The number of ether oxygens (including phenoxy) is 2. The lowest BCUT2D eigenvalue weighted by Crippen LogP contribution is -2.20. The van der Waals surface area contributed by atoms with Crippen molar-refractivity contribution in [3.8, 4) is 5.75 Å². The van der Waals surface area contributed by atoms with Gasteiger partial charge >= 0.3 is 6.09 Å². The zero-order valence-corrected chi connectivity index (χ0v) is 18.8. The van der Waals surface area contributed by atoms with Crippen molar-refractivity contribution < 1.29 is 14.3 Å². The van der Waals surface area contributed by atoms with Crippen LogP contribution in [0.5, 0.6) is 5.75 Å². The number of hydrogen-bond acceptors (Lipinski definition) is 5. The van der Waals surface area contributed by atoms with Crippen molar-refractivity contribution in [2.75, 3.05) is 26.1 Å². The molecule has 0 radical (unpaired) electrons. The zero-order chi connectivity index (χ0) is 22.7. The van der Waals surface area contributed by atoms with Gasteiger partial charge < -0.3 is 20.1 Å². The van der Waals surface area contributed by atoms with Gasteiger partial charge in [-0.05, 0) is 55.3 Å². The normalized spacial score (nSPS) is 10.9. The molecule has 164 valence electrons. The number of benzene rings is 3. The molecule has 0 unspecified atom stereocenters. The molecule has 0 atom stereocenters. The molecule has 4 rings (SSSR count). The molecule has 0 fully saturated rings. The lowest BCUT2D eigenvalue weighted by Gasteiger charge is -2.16. The Bertz CT molecular complexity index is 1280. The number of methoxy groups -OCH3 is 1. The summed E-state index contributed by atoms with van der Waals surface area (Å²) in [7, 11) is 3.23. The van der Waals surface area contributed by atoms with Gasteiger partial charge in [-0.1, -0.05) is 23.8 Å². The van der Waals surface area contributed by atoms with Gasteiger partial charge in [0.15, 0.2) is 0 Å². The molecule has 4 aromatic rings. The first kappa shape index (κ1) is 21.4. The zero-order valence-electron chi connectivity index (χ0n) is 18.8. The highest BCUT2D eigenvalue weighted by Crippen LogP contribution is 2.36. The number of rotatable bonds is 6. The minimum Gasteiger partial charge on any atom is -0.496 e. The highest BCUT2D eigenvalue weighted by Gasteiger charge is 2.13. The molecule has 6 nitrogen and oxygen atoms in total. The fraction of sp³-hybridized carbons (Fsp3) is 0.231. The number of fused-ring (bicyclic) bond motifs is 2. The van der Waals surface area contributed by atoms with E-state index in [1.807, 2.05) is 37.3 Å². The van der Waals surface area contributed by atoms with Crippen LogP contribution < -0.4 is 15.4 Å². The van der Waals surface area contributed by atoms with Gasteiger partial charge in [-0.2, -0.15) is 0 Å². The first-order valence-corrected chi connectivity index (χ1v) is 10.6. The number of carbonyl (C=O) groups is 1. The van der Waals surface area contributed by atoms with E-state index in [0.29, 0.717) is 13.0 Å². The first-order chi connectivity index (χ1) is 15.5. The number of aromatic nitrogens is 1. The topological polar surface area (TPSA) is 72.5 Å². The molecule has 1 amide bonds. The van der Waals surface area contributed by atoms with Crippen LogP contribution in [0.25, 0.3) is 21.8 Å². The molecule has 1 heterocycles. The molecule has 2 N–H and O–H groups in total. The number of carbonyl (C=O) groups excluding carboxylic acids is 1. The van der Waals surface area contributed by atoms with Gasteiger partial charge in [0.05, 0.1) is 30.4 Å². The van der Waals surface area contributed by atoms with Crippen LogP contribution in [-0.4, -0.2) is 31.8 Å². The van der Waals surface area contributed by atoms with E-state index < -0.39 is 6.09 Å². The van der Waals surface area contributed by atoms with Crippen molar-refractivity contribution in [1.82, 2.24) is 10.3 Å². The number of nitrogens with one attached hydrogen (secondary N) is 2. The van der Waals surface area contributed by atoms with Crippen molar-refractivity contribution in [2.45, 2.75) is 20.3 Å². The summed E-state index contributed by atoms with van der Waals surface area (Å²) >= 11 is 0. The summed E-state index contributed by atoms with van der Waals surface area (Å²) in [5.41, 5.74) is 7.15. The fourth-order valence-electron chi connectivity index (χ4n) is 3.78. The summed E-state index contributed by atoms with van der Waals surface area (Å²) in [6, 6.07) is 18.6. The van der Waals surface area contributed by atoms with Gasteiger partial charge in [0, 0.05) is 36.0 Å². The number of hydrogen-bond donors (Lipinski definition) is 2. The summed E-state index contributed by atoms with van der Waals surface area (Å²) in [4.78, 5) is 16.1. The highest BCUT2D eigenvalue weighted by atomic mass is 16.5. The second-order valence-corrected chi connectivity index (χ2v) is 7.80.